The molecule has 1 aliphatic heterocycles. The van der Waals surface area contributed by atoms with Gasteiger partial charge in [-0.05, 0) is 61.4 Å². The van der Waals surface area contributed by atoms with Gasteiger partial charge in [-0.1, -0.05) is 0 Å². The summed E-state index contributed by atoms with van der Waals surface area (Å²) < 4.78 is 25.2. The van der Waals surface area contributed by atoms with E-state index in [1.54, 1.807) is 20.3 Å². The van der Waals surface area contributed by atoms with Gasteiger partial charge in [0, 0.05) is 31.3 Å². The van der Waals surface area contributed by atoms with Gasteiger partial charge < -0.3 is 19.7 Å². The lowest BCUT2D eigenvalue weighted by Gasteiger charge is -2.33. The Morgan fingerprint density at radius 1 is 1.12 bits per heavy atom. The average Bonchev–Trinajstić information content (AvgIpc) is 2.88. The number of carbonyl (C=O) groups is 1. The molecular formula is C25H27FN4O4. The number of nitrogens with one attached hydrogen (secondary N) is 1. The zero-order chi connectivity index (χ0) is 24.1. The number of nitrogens with zero attached hydrogens (tertiary/aromatic N) is 3. The maximum atomic E-state index is 13.3. The number of hydrogen-bond donors (Lipinski definition) is 1. The van der Waals surface area contributed by atoms with Crippen LogP contribution in [0.4, 0.5) is 10.2 Å². The number of benzene rings is 2. The molecule has 0 radical (unpaired) electrons. The first-order valence-corrected chi connectivity index (χ1v) is 11.1. The molecular weight excluding hydrogens is 439 g/mol. The summed E-state index contributed by atoms with van der Waals surface area (Å²) in [6.07, 6.45) is 1.58. The number of hydrogen-bond acceptors (Lipinski definition) is 6. The molecule has 9 heteroatoms. The van der Waals surface area contributed by atoms with Gasteiger partial charge in [-0.2, -0.15) is 4.68 Å². The van der Waals surface area contributed by atoms with Crippen molar-refractivity contribution in [2.75, 3.05) is 32.2 Å². The second-order valence-electron chi connectivity index (χ2n) is 8.10. The smallest absolute Gasteiger partial charge is 0.271 e. The molecule has 8 nitrogen and oxygen atoms in total. The summed E-state index contributed by atoms with van der Waals surface area (Å²) in [6, 6.07) is 14.1. The first-order valence-electron chi connectivity index (χ1n) is 11.1. The second kappa shape index (κ2) is 10.4. The summed E-state index contributed by atoms with van der Waals surface area (Å²) in [5.74, 6) is 1.30. The summed E-state index contributed by atoms with van der Waals surface area (Å²) in [6.45, 7) is 1.53. The van der Waals surface area contributed by atoms with Crippen LogP contribution in [0.2, 0.25) is 0 Å². The van der Waals surface area contributed by atoms with Crippen molar-refractivity contribution in [3.05, 3.63) is 76.3 Å². The SMILES string of the molecule is COc1ccc(OC)c(CNC(=O)C2CCCN(c3ccc(=O)n(-c4ccc(F)cc4)n3)C2)c1. The molecule has 3 aromatic rings. The minimum absolute atomic E-state index is 0.0542. The molecule has 1 atom stereocenters. The van der Waals surface area contributed by atoms with Crippen LogP contribution in [0.15, 0.2) is 59.4 Å². The van der Waals surface area contributed by atoms with Crippen molar-refractivity contribution in [3.8, 4) is 17.2 Å². The van der Waals surface area contributed by atoms with E-state index in [0.29, 0.717) is 36.1 Å². The molecule has 1 unspecified atom stereocenters. The van der Waals surface area contributed by atoms with Gasteiger partial charge in [0.25, 0.3) is 5.56 Å². The molecule has 4 rings (SSSR count). The van der Waals surface area contributed by atoms with Crippen LogP contribution in [0.3, 0.4) is 0 Å². The van der Waals surface area contributed by atoms with Crippen LogP contribution in [-0.2, 0) is 11.3 Å². The van der Waals surface area contributed by atoms with Gasteiger partial charge in [-0.3, -0.25) is 9.59 Å². The third-order valence-electron chi connectivity index (χ3n) is 5.91. The highest BCUT2D eigenvalue weighted by molar-refractivity contribution is 5.79. The van der Waals surface area contributed by atoms with Crippen LogP contribution in [-0.4, -0.2) is 43.0 Å². The van der Waals surface area contributed by atoms with Gasteiger partial charge in [0.05, 0.1) is 25.8 Å². The summed E-state index contributed by atoms with van der Waals surface area (Å²) >= 11 is 0. The Bertz CT molecular complexity index is 1210. The number of methoxy groups -OCH3 is 2. The lowest BCUT2D eigenvalue weighted by Crippen LogP contribution is -2.43. The van der Waals surface area contributed by atoms with Crippen LogP contribution in [0.5, 0.6) is 11.5 Å². The van der Waals surface area contributed by atoms with E-state index in [0.717, 1.165) is 24.9 Å². The van der Waals surface area contributed by atoms with Crippen LogP contribution in [0, 0.1) is 11.7 Å². The van der Waals surface area contributed by atoms with E-state index in [-0.39, 0.29) is 23.2 Å². The fraction of sp³-hybridized carbons (Fsp3) is 0.320. The number of aromatic nitrogens is 2. The number of rotatable bonds is 7. The summed E-state index contributed by atoms with van der Waals surface area (Å²) in [7, 11) is 3.18. The van der Waals surface area contributed by atoms with Gasteiger partial charge in [-0.25, -0.2) is 4.39 Å². The quantitative estimate of drug-likeness (QED) is 0.576. The topological polar surface area (TPSA) is 85.7 Å². The Labute approximate surface area is 196 Å². The molecule has 1 aliphatic rings. The minimum Gasteiger partial charge on any atom is -0.497 e. The second-order valence-corrected chi connectivity index (χ2v) is 8.10. The molecule has 1 aromatic heterocycles. The molecule has 0 spiro atoms. The maximum absolute atomic E-state index is 13.3. The van der Waals surface area contributed by atoms with E-state index in [1.807, 2.05) is 23.1 Å². The number of ether oxygens (including phenoxy) is 2. The minimum atomic E-state index is -0.385. The molecule has 0 bridgehead atoms. The molecule has 1 amide bonds. The average molecular weight is 467 g/mol. The zero-order valence-corrected chi connectivity index (χ0v) is 19.2. The maximum Gasteiger partial charge on any atom is 0.271 e. The summed E-state index contributed by atoms with van der Waals surface area (Å²) in [5, 5.41) is 7.48. The zero-order valence-electron chi connectivity index (χ0n) is 19.2. The highest BCUT2D eigenvalue weighted by Gasteiger charge is 2.27. The highest BCUT2D eigenvalue weighted by Crippen LogP contribution is 2.25. The lowest BCUT2D eigenvalue weighted by atomic mass is 9.97. The Morgan fingerprint density at radius 3 is 2.65 bits per heavy atom. The van der Waals surface area contributed by atoms with Gasteiger partial charge in [0.15, 0.2) is 0 Å². The van der Waals surface area contributed by atoms with E-state index in [4.69, 9.17) is 9.47 Å². The van der Waals surface area contributed by atoms with E-state index in [1.165, 1.54) is 35.0 Å². The Balaban J connectivity index is 1.45. The predicted octanol–water partition coefficient (Wildman–Crippen LogP) is 2.92. The molecule has 34 heavy (non-hydrogen) atoms. The first-order chi connectivity index (χ1) is 16.5. The van der Waals surface area contributed by atoms with Crippen molar-refractivity contribution < 1.29 is 18.7 Å². The first kappa shape index (κ1) is 23.3. The van der Waals surface area contributed by atoms with Crippen LogP contribution in [0.1, 0.15) is 18.4 Å². The highest BCUT2D eigenvalue weighted by atomic mass is 19.1. The number of amides is 1. The standard InChI is InChI=1S/C25H27FN4O4/c1-33-21-9-10-22(34-2)18(14-21)15-27-25(32)17-4-3-13-29(16-17)23-11-12-24(31)30(28-23)20-7-5-19(26)6-8-20/h5-12,14,17H,3-4,13,15-16H2,1-2H3,(H,27,32). The third kappa shape index (κ3) is 5.19. The number of halogens is 1. The van der Waals surface area contributed by atoms with Crippen molar-refractivity contribution in [3.63, 3.8) is 0 Å². The number of carbonyl (C=O) groups excluding carboxylic acids is 1. The van der Waals surface area contributed by atoms with Gasteiger partial charge >= 0.3 is 0 Å². The normalized spacial score (nSPS) is 15.6. The van der Waals surface area contributed by atoms with Crippen LogP contribution < -0.4 is 25.2 Å². The Morgan fingerprint density at radius 2 is 1.91 bits per heavy atom. The number of piperidine rings is 1. The molecule has 0 saturated carbocycles. The van der Waals surface area contributed by atoms with Crippen LogP contribution >= 0.6 is 0 Å². The largest absolute Gasteiger partial charge is 0.497 e. The van der Waals surface area contributed by atoms with E-state index < -0.39 is 0 Å². The van der Waals surface area contributed by atoms with Crippen molar-refractivity contribution in [2.45, 2.75) is 19.4 Å². The molecule has 2 aromatic carbocycles. The predicted molar refractivity (Wildman–Crippen MR) is 126 cm³/mol. The molecule has 1 fully saturated rings. The summed E-state index contributed by atoms with van der Waals surface area (Å²) in [4.78, 5) is 27.3. The molecule has 0 aliphatic carbocycles. The van der Waals surface area contributed by atoms with E-state index >= 15 is 0 Å². The van der Waals surface area contributed by atoms with Gasteiger partial charge in [0.2, 0.25) is 5.91 Å². The van der Waals surface area contributed by atoms with Gasteiger partial charge in [-0.15, -0.1) is 5.10 Å². The molecule has 1 N–H and O–H groups in total. The Hall–Kier alpha value is -3.88. The molecule has 1 saturated heterocycles. The summed E-state index contributed by atoms with van der Waals surface area (Å²) in [5.41, 5.74) is 0.997. The van der Waals surface area contributed by atoms with Crippen molar-refractivity contribution in [2.24, 2.45) is 5.92 Å². The lowest BCUT2D eigenvalue weighted by molar-refractivity contribution is -0.125. The van der Waals surface area contributed by atoms with Crippen molar-refractivity contribution in [1.29, 1.82) is 0 Å². The van der Waals surface area contributed by atoms with E-state index in [9.17, 15) is 14.0 Å². The van der Waals surface area contributed by atoms with Gasteiger partial charge in [0.1, 0.15) is 23.1 Å². The third-order valence-corrected chi connectivity index (χ3v) is 5.91. The number of anilines is 1. The molecule has 2 heterocycles. The van der Waals surface area contributed by atoms with E-state index in [2.05, 4.69) is 10.4 Å². The van der Waals surface area contributed by atoms with Crippen LogP contribution in [0.25, 0.3) is 5.69 Å². The monoisotopic (exact) mass is 466 g/mol. The Kier molecular flexibility index (Phi) is 7.10. The molecule has 178 valence electrons. The van der Waals surface area contributed by atoms with Crippen molar-refractivity contribution in [1.82, 2.24) is 15.1 Å². The fourth-order valence-electron chi connectivity index (χ4n) is 4.08. The van der Waals surface area contributed by atoms with Crippen molar-refractivity contribution >= 4 is 11.7 Å². The fourth-order valence-corrected chi connectivity index (χ4v) is 4.08.